The molecule has 1 aromatic carbocycles. The van der Waals surface area contributed by atoms with Gasteiger partial charge < -0.3 is 15.5 Å². The summed E-state index contributed by atoms with van der Waals surface area (Å²) >= 11 is 1.76. The van der Waals surface area contributed by atoms with Crippen molar-refractivity contribution in [1.29, 1.82) is 0 Å². The van der Waals surface area contributed by atoms with Gasteiger partial charge in [-0.05, 0) is 34.7 Å². The van der Waals surface area contributed by atoms with Crippen LogP contribution in [0.15, 0.2) is 29.6 Å². The fraction of sp³-hybridized carbons (Fsp3) is 0.231. The van der Waals surface area contributed by atoms with Crippen molar-refractivity contribution in [2.45, 2.75) is 12.5 Å². The zero-order valence-electron chi connectivity index (χ0n) is 9.18. The highest BCUT2D eigenvalue weighted by Gasteiger charge is 2.22. The minimum absolute atomic E-state index is 0.0511. The van der Waals surface area contributed by atoms with E-state index in [1.165, 1.54) is 10.4 Å². The molecule has 88 valence electrons. The first-order valence-electron chi connectivity index (χ1n) is 5.54. The van der Waals surface area contributed by atoms with Crippen LogP contribution in [0.5, 0.6) is 11.5 Å². The molecular formula is C13H13NO2S. The van der Waals surface area contributed by atoms with E-state index in [9.17, 15) is 10.2 Å². The maximum absolute atomic E-state index is 9.56. The van der Waals surface area contributed by atoms with E-state index in [0.29, 0.717) is 0 Å². The van der Waals surface area contributed by atoms with E-state index in [1.807, 2.05) is 6.07 Å². The summed E-state index contributed by atoms with van der Waals surface area (Å²) in [4.78, 5) is 1.36. The van der Waals surface area contributed by atoms with Gasteiger partial charge in [-0.3, -0.25) is 0 Å². The van der Waals surface area contributed by atoms with Crippen LogP contribution in [0.4, 0.5) is 0 Å². The van der Waals surface area contributed by atoms with E-state index >= 15 is 0 Å². The second-order valence-electron chi connectivity index (χ2n) is 4.23. The number of phenolic OH excluding ortho intramolecular Hbond substituents is 2. The Morgan fingerprint density at radius 2 is 2.06 bits per heavy atom. The van der Waals surface area contributed by atoms with Crippen LogP contribution in [0.25, 0.3) is 0 Å². The third-order valence-electron chi connectivity index (χ3n) is 3.19. The molecule has 3 rings (SSSR count). The summed E-state index contributed by atoms with van der Waals surface area (Å²) in [5.41, 5.74) is 2.37. The molecule has 0 spiro atoms. The molecular weight excluding hydrogens is 234 g/mol. The molecule has 3 N–H and O–H groups in total. The summed E-state index contributed by atoms with van der Waals surface area (Å²) in [6.45, 7) is 1.79. The van der Waals surface area contributed by atoms with Crippen molar-refractivity contribution < 1.29 is 10.2 Å². The second-order valence-corrected chi connectivity index (χ2v) is 5.23. The Morgan fingerprint density at radius 3 is 2.88 bits per heavy atom. The maximum atomic E-state index is 9.56. The summed E-state index contributed by atoms with van der Waals surface area (Å²) in [5.74, 6) is 0.143. The standard InChI is InChI=1S/C13H13NO2S/c15-11-2-1-8(5-12(11)16)10-6-14-7-13-9(10)3-4-17-13/h1-5,10,14-16H,6-7H2. The summed E-state index contributed by atoms with van der Waals surface area (Å²) in [6, 6.07) is 7.21. The first-order valence-corrected chi connectivity index (χ1v) is 6.42. The zero-order chi connectivity index (χ0) is 11.8. The van der Waals surface area contributed by atoms with Gasteiger partial charge in [-0.15, -0.1) is 11.3 Å². The smallest absolute Gasteiger partial charge is 0.157 e. The Bertz CT molecular complexity index is 550. The first kappa shape index (κ1) is 10.6. The number of hydrogen-bond donors (Lipinski definition) is 3. The normalized spacial score (nSPS) is 18.9. The van der Waals surface area contributed by atoms with Crippen LogP contribution in [0.2, 0.25) is 0 Å². The van der Waals surface area contributed by atoms with Gasteiger partial charge in [0, 0.05) is 23.9 Å². The Labute approximate surface area is 103 Å². The van der Waals surface area contributed by atoms with Gasteiger partial charge in [0.15, 0.2) is 11.5 Å². The van der Waals surface area contributed by atoms with Gasteiger partial charge in [0.25, 0.3) is 0 Å². The highest BCUT2D eigenvalue weighted by Crippen LogP contribution is 2.36. The van der Waals surface area contributed by atoms with Crippen LogP contribution in [-0.2, 0) is 6.54 Å². The summed E-state index contributed by atoms with van der Waals surface area (Å²) in [6.07, 6.45) is 0. The van der Waals surface area contributed by atoms with Gasteiger partial charge in [0.1, 0.15) is 0 Å². The van der Waals surface area contributed by atoms with Gasteiger partial charge >= 0.3 is 0 Å². The molecule has 1 aliphatic heterocycles. The third kappa shape index (κ3) is 1.79. The average Bonchev–Trinajstić information content (AvgIpc) is 2.80. The Hall–Kier alpha value is -1.52. The van der Waals surface area contributed by atoms with E-state index < -0.39 is 0 Å². The SMILES string of the molecule is Oc1ccc(C2CNCc3sccc32)cc1O. The van der Waals surface area contributed by atoms with Gasteiger partial charge in [0.2, 0.25) is 0 Å². The summed E-state index contributed by atoms with van der Waals surface area (Å²) in [7, 11) is 0. The van der Waals surface area contributed by atoms with Crippen LogP contribution in [0.3, 0.4) is 0 Å². The fourth-order valence-corrected chi connectivity index (χ4v) is 3.21. The van der Waals surface area contributed by atoms with Gasteiger partial charge in [-0.1, -0.05) is 6.07 Å². The van der Waals surface area contributed by atoms with Crippen LogP contribution in [-0.4, -0.2) is 16.8 Å². The van der Waals surface area contributed by atoms with E-state index in [-0.39, 0.29) is 17.4 Å². The molecule has 2 heterocycles. The molecule has 0 aliphatic carbocycles. The van der Waals surface area contributed by atoms with Gasteiger partial charge in [-0.2, -0.15) is 0 Å². The molecule has 0 bridgehead atoms. The number of rotatable bonds is 1. The lowest BCUT2D eigenvalue weighted by Crippen LogP contribution is -2.27. The van der Waals surface area contributed by atoms with Crippen molar-refractivity contribution >= 4 is 11.3 Å². The maximum Gasteiger partial charge on any atom is 0.157 e. The van der Waals surface area contributed by atoms with Crippen LogP contribution < -0.4 is 5.32 Å². The molecule has 2 aromatic rings. The summed E-state index contributed by atoms with van der Waals surface area (Å²) < 4.78 is 0. The average molecular weight is 247 g/mol. The molecule has 1 aromatic heterocycles. The molecule has 0 radical (unpaired) electrons. The Kier molecular flexibility index (Phi) is 2.53. The molecule has 17 heavy (non-hydrogen) atoms. The molecule has 0 amide bonds. The van der Waals surface area contributed by atoms with Crippen LogP contribution in [0, 0.1) is 0 Å². The topological polar surface area (TPSA) is 52.5 Å². The monoisotopic (exact) mass is 247 g/mol. The first-order chi connectivity index (χ1) is 8.25. The van der Waals surface area contributed by atoms with E-state index in [1.54, 1.807) is 23.5 Å². The van der Waals surface area contributed by atoms with Crippen molar-refractivity contribution in [3.8, 4) is 11.5 Å². The van der Waals surface area contributed by atoms with Crippen molar-refractivity contribution in [2.75, 3.05) is 6.54 Å². The van der Waals surface area contributed by atoms with E-state index in [4.69, 9.17) is 0 Å². The number of nitrogens with one attached hydrogen (secondary N) is 1. The number of aromatic hydroxyl groups is 2. The predicted octanol–water partition coefficient (Wildman–Crippen LogP) is 2.39. The lowest BCUT2D eigenvalue weighted by Gasteiger charge is -2.24. The summed E-state index contributed by atoms with van der Waals surface area (Å²) in [5, 5.41) is 24.4. The molecule has 0 saturated carbocycles. The third-order valence-corrected chi connectivity index (χ3v) is 4.13. The number of hydrogen-bond acceptors (Lipinski definition) is 4. The quantitative estimate of drug-likeness (QED) is 0.678. The van der Waals surface area contributed by atoms with Gasteiger partial charge in [0.05, 0.1) is 0 Å². The van der Waals surface area contributed by atoms with E-state index in [0.717, 1.165) is 18.7 Å². The molecule has 1 atom stereocenters. The fourth-order valence-electron chi connectivity index (χ4n) is 2.30. The number of thiophene rings is 1. The number of phenols is 2. The largest absolute Gasteiger partial charge is 0.504 e. The second kappa shape index (κ2) is 4.05. The van der Waals surface area contributed by atoms with E-state index in [2.05, 4.69) is 16.8 Å². The van der Waals surface area contributed by atoms with Crippen LogP contribution >= 0.6 is 11.3 Å². The number of benzene rings is 1. The molecule has 0 saturated heterocycles. The highest BCUT2D eigenvalue weighted by atomic mass is 32.1. The Balaban J connectivity index is 2.03. The van der Waals surface area contributed by atoms with Crippen molar-refractivity contribution in [3.63, 3.8) is 0 Å². The van der Waals surface area contributed by atoms with Crippen molar-refractivity contribution in [2.24, 2.45) is 0 Å². The minimum Gasteiger partial charge on any atom is -0.504 e. The zero-order valence-corrected chi connectivity index (χ0v) is 10.00. The van der Waals surface area contributed by atoms with Crippen molar-refractivity contribution in [1.82, 2.24) is 5.32 Å². The van der Waals surface area contributed by atoms with Crippen molar-refractivity contribution in [3.05, 3.63) is 45.6 Å². The molecule has 0 fully saturated rings. The number of fused-ring (bicyclic) bond motifs is 1. The van der Waals surface area contributed by atoms with Gasteiger partial charge in [-0.25, -0.2) is 0 Å². The molecule has 1 aliphatic rings. The minimum atomic E-state index is -0.0666. The van der Waals surface area contributed by atoms with Crippen LogP contribution in [0.1, 0.15) is 21.9 Å². The lowest BCUT2D eigenvalue weighted by molar-refractivity contribution is 0.402. The highest BCUT2D eigenvalue weighted by molar-refractivity contribution is 7.10. The molecule has 4 heteroatoms. The Morgan fingerprint density at radius 1 is 1.18 bits per heavy atom. The lowest BCUT2D eigenvalue weighted by atomic mass is 9.89. The predicted molar refractivity (Wildman–Crippen MR) is 67.6 cm³/mol. The molecule has 1 unspecified atom stereocenters. The molecule has 3 nitrogen and oxygen atoms in total.